The maximum absolute atomic E-state index is 8.74. The summed E-state index contributed by atoms with van der Waals surface area (Å²) in [6.07, 6.45) is 0. The molecule has 0 unspecified atom stereocenters. The van der Waals surface area contributed by atoms with Gasteiger partial charge >= 0.3 is 10.4 Å². The minimum absolute atomic E-state index is 0. The van der Waals surface area contributed by atoms with Crippen molar-refractivity contribution in [1.82, 2.24) is 0 Å². The average Bonchev–Trinajstić information content (AvgIpc) is 2.57. The van der Waals surface area contributed by atoms with Gasteiger partial charge in [-0.05, 0) is 23.8 Å². The van der Waals surface area contributed by atoms with Crippen molar-refractivity contribution in [3.8, 4) is 0 Å². The Morgan fingerprint density at radius 1 is 0.583 bits per heavy atom. The summed E-state index contributed by atoms with van der Waals surface area (Å²) in [5.41, 5.74) is 0. The predicted molar refractivity (Wildman–Crippen MR) is 101 cm³/mol. The molecule has 0 aliphatic heterocycles. The van der Waals surface area contributed by atoms with Crippen LogP contribution in [0.3, 0.4) is 0 Å². The van der Waals surface area contributed by atoms with Gasteiger partial charge in [0.1, 0.15) is 0 Å². The Balaban J connectivity index is 0.000000462. The van der Waals surface area contributed by atoms with Crippen LogP contribution in [0.5, 0.6) is 0 Å². The Bertz CT molecular complexity index is 742. The first-order valence-corrected chi connectivity index (χ1v) is 9.84. The summed E-state index contributed by atoms with van der Waals surface area (Å²) >= 11 is 0. The minimum atomic E-state index is -4.67. The molecule has 0 fully saturated rings. The van der Waals surface area contributed by atoms with E-state index in [2.05, 4.69) is 91.0 Å². The molecule has 0 spiro atoms. The Labute approximate surface area is 144 Å². The fourth-order valence-electron chi connectivity index (χ4n) is 2.18. The smallest absolute Gasteiger partial charge is 0.264 e. The lowest BCUT2D eigenvalue weighted by molar-refractivity contribution is 0.381. The lowest BCUT2D eigenvalue weighted by Gasteiger charge is -2.18. The zero-order valence-electron chi connectivity index (χ0n) is 12.7. The maximum atomic E-state index is 8.74. The highest BCUT2D eigenvalue weighted by atomic mass is 32.3. The molecule has 6 heteroatoms. The van der Waals surface area contributed by atoms with E-state index in [1.807, 2.05) is 0 Å². The molecule has 3 aromatic carbocycles. The van der Waals surface area contributed by atoms with Gasteiger partial charge in [-0.2, -0.15) is 8.42 Å². The molecule has 0 amide bonds. The highest BCUT2D eigenvalue weighted by molar-refractivity contribution is 7.80. The Morgan fingerprint density at radius 2 is 0.792 bits per heavy atom. The zero-order valence-corrected chi connectivity index (χ0v) is 14.4. The largest absolute Gasteiger partial charge is 0.394 e. The summed E-state index contributed by atoms with van der Waals surface area (Å²) in [7, 11) is -5.11. The summed E-state index contributed by atoms with van der Waals surface area (Å²) in [6.45, 7) is 0. The lowest BCUT2D eigenvalue weighted by Crippen LogP contribution is -2.20. The number of rotatable bonds is 3. The topological polar surface area (TPSA) is 74.6 Å². The van der Waals surface area contributed by atoms with Crippen LogP contribution in [0.1, 0.15) is 1.43 Å². The van der Waals surface area contributed by atoms with E-state index in [4.69, 9.17) is 17.5 Å². The van der Waals surface area contributed by atoms with E-state index in [1.165, 1.54) is 15.9 Å². The highest BCUT2D eigenvalue weighted by Crippen LogP contribution is 2.32. The highest BCUT2D eigenvalue weighted by Gasteiger charge is 2.14. The molecule has 24 heavy (non-hydrogen) atoms. The maximum Gasteiger partial charge on any atom is 0.394 e. The Hall–Kier alpha value is -2.04. The van der Waals surface area contributed by atoms with Gasteiger partial charge in [-0.1, -0.05) is 91.0 Å². The van der Waals surface area contributed by atoms with E-state index in [0.717, 1.165) is 0 Å². The van der Waals surface area contributed by atoms with Crippen molar-refractivity contribution in [2.75, 3.05) is 0 Å². The Kier molecular flexibility index (Phi) is 6.64. The van der Waals surface area contributed by atoms with E-state index in [9.17, 15) is 0 Å². The fourth-order valence-corrected chi connectivity index (χ4v) is 4.48. The van der Waals surface area contributed by atoms with E-state index >= 15 is 0 Å². The third-order valence-electron chi connectivity index (χ3n) is 3.04. The van der Waals surface area contributed by atoms with Gasteiger partial charge in [0, 0.05) is 1.43 Å². The van der Waals surface area contributed by atoms with Gasteiger partial charge in [0.25, 0.3) is 0 Å². The third kappa shape index (κ3) is 6.22. The van der Waals surface area contributed by atoms with Crippen molar-refractivity contribution in [1.29, 1.82) is 0 Å². The minimum Gasteiger partial charge on any atom is -0.264 e. The van der Waals surface area contributed by atoms with Crippen LogP contribution in [0.25, 0.3) is 0 Å². The van der Waals surface area contributed by atoms with Crippen LogP contribution in [0, 0.1) is 0 Å². The Morgan fingerprint density at radius 3 is 1.00 bits per heavy atom. The molecule has 0 saturated heterocycles. The molecule has 0 aromatic heterocycles. The van der Waals surface area contributed by atoms with Gasteiger partial charge in [-0.15, -0.1) is 0 Å². The van der Waals surface area contributed by atoms with Gasteiger partial charge in [-0.25, -0.2) is 0 Å². The summed E-state index contributed by atoms with van der Waals surface area (Å²) < 4.78 is 31.6. The first-order valence-electron chi connectivity index (χ1n) is 7.10. The molecular weight excluding hydrogens is 343 g/mol. The second-order valence-corrected chi connectivity index (χ2v) is 7.91. The van der Waals surface area contributed by atoms with Crippen LogP contribution in [-0.2, 0) is 10.4 Å². The first-order chi connectivity index (χ1) is 11.4. The van der Waals surface area contributed by atoms with Crippen molar-refractivity contribution < 1.29 is 18.9 Å². The van der Waals surface area contributed by atoms with Crippen molar-refractivity contribution in [3.05, 3.63) is 91.0 Å². The first kappa shape index (κ1) is 18.3. The standard InChI is InChI=1S/C18H15P.H2O4S.H2/c1-4-10-16(11-5-1)19(17-12-6-2-7-13-17)18-14-8-3-9-15-18;1-5(2,3)4;/h1-15H;(H2,1,2,3,4);1H. The van der Waals surface area contributed by atoms with Crippen LogP contribution in [0.4, 0.5) is 0 Å². The quantitative estimate of drug-likeness (QED) is 0.555. The SMILES string of the molecule is O=S(=O)(O)O.[HH].c1ccc(P(c2ccccc2)c2ccccc2)cc1. The molecule has 126 valence electrons. The lowest BCUT2D eigenvalue weighted by atomic mass is 10.4. The van der Waals surface area contributed by atoms with Gasteiger partial charge in [0.2, 0.25) is 0 Å². The monoisotopic (exact) mass is 362 g/mol. The molecule has 0 heterocycles. The van der Waals surface area contributed by atoms with E-state index in [0.29, 0.717) is 0 Å². The van der Waals surface area contributed by atoms with Crippen LogP contribution in [0.2, 0.25) is 0 Å². The second-order valence-electron chi connectivity index (χ2n) is 4.79. The summed E-state index contributed by atoms with van der Waals surface area (Å²) in [5.74, 6) is 0. The molecule has 0 bridgehead atoms. The van der Waals surface area contributed by atoms with Crippen molar-refractivity contribution in [2.24, 2.45) is 0 Å². The van der Waals surface area contributed by atoms with Crippen molar-refractivity contribution in [3.63, 3.8) is 0 Å². The number of hydrogen-bond acceptors (Lipinski definition) is 2. The van der Waals surface area contributed by atoms with Crippen LogP contribution in [-0.4, -0.2) is 17.5 Å². The van der Waals surface area contributed by atoms with Gasteiger partial charge in [0.05, 0.1) is 0 Å². The fraction of sp³-hybridized carbons (Fsp3) is 0. The number of benzene rings is 3. The predicted octanol–water partition coefficient (Wildman–Crippen LogP) is 3.04. The third-order valence-corrected chi connectivity index (χ3v) is 5.49. The van der Waals surface area contributed by atoms with Gasteiger partial charge in [0.15, 0.2) is 0 Å². The van der Waals surface area contributed by atoms with E-state index in [1.54, 1.807) is 0 Å². The molecular formula is C18H19O4PS. The van der Waals surface area contributed by atoms with E-state index < -0.39 is 18.3 Å². The molecule has 0 aliphatic carbocycles. The normalized spacial score (nSPS) is 10.8. The van der Waals surface area contributed by atoms with Crippen molar-refractivity contribution in [2.45, 2.75) is 0 Å². The molecule has 3 aromatic rings. The second kappa shape index (κ2) is 8.71. The van der Waals surface area contributed by atoms with Crippen LogP contribution in [0.15, 0.2) is 91.0 Å². The molecule has 0 atom stereocenters. The van der Waals surface area contributed by atoms with Crippen molar-refractivity contribution >= 4 is 34.2 Å². The van der Waals surface area contributed by atoms with Gasteiger partial charge < -0.3 is 0 Å². The van der Waals surface area contributed by atoms with Crippen LogP contribution >= 0.6 is 7.92 Å². The molecule has 0 aliphatic rings. The molecule has 4 nitrogen and oxygen atoms in total. The van der Waals surface area contributed by atoms with Gasteiger partial charge in [-0.3, -0.25) is 9.11 Å². The molecule has 3 rings (SSSR count). The molecule has 2 N–H and O–H groups in total. The average molecular weight is 362 g/mol. The number of hydrogen-bond donors (Lipinski definition) is 2. The summed E-state index contributed by atoms with van der Waals surface area (Å²) in [4.78, 5) is 0. The summed E-state index contributed by atoms with van der Waals surface area (Å²) in [5, 5.41) is 4.19. The molecule has 0 saturated carbocycles. The van der Waals surface area contributed by atoms with Crippen LogP contribution < -0.4 is 15.9 Å². The zero-order chi connectivity index (χ0) is 17.4. The van der Waals surface area contributed by atoms with E-state index in [-0.39, 0.29) is 1.43 Å². The summed E-state index contributed by atoms with van der Waals surface area (Å²) in [6, 6.07) is 32.3. The molecule has 0 radical (unpaired) electrons.